The third-order valence-corrected chi connectivity index (χ3v) is 5.30. The summed E-state index contributed by atoms with van der Waals surface area (Å²) < 4.78 is 5.22. The van der Waals surface area contributed by atoms with Crippen LogP contribution in [0.5, 0.6) is 0 Å². The Balaban J connectivity index is 1.95. The molecular weight excluding hydrogens is 406 g/mol. The van der Waals surface area contributed by atoms with Gasteiger partial charge in [-0.3, -0.25) is 14.7 Å². The Morgan fingerprint density at radius 1 is 1.38 bits per heavy atom. The fourth-order valence-corrected chi connectivity index (χ4v) is 3.58. The summed E-state index contributed by atoms with van der Waals surface area (Å²) >= 11 is 0. The summed E-state index contributed by atoms with van der Waals surface area (Å²) in [4.78, 5) is 19.5. The molecule has 3 N–H and O–H groups in total. The second-order valence-electron chi connectivity index (χ2n) is 8.13. The summed E-state index contributed by atoms with van der Waals surface area (Å²) in [5.74, 6) is 0.827. The van der Waals surface area contributed by atoms with Crippen molar-refractivity contribution in [1.29, 1.82) is 0 Å². The van der Waals surface area contributed by atoms with Crippen LogP contribution in [0.2, 0.25) is 0 Å². The van der Waals surface area contributed by atoms with E-state index in [9.17, 15) is 4.79 Å². The molecule has 2 aliphatic rings. The summed E-state index contributed by atoms with van der Waals surface area (Å²) in [6.45, 7) is 8.38. The summed E-state index contributed by atoms with van der Waals surface area (Å²) in [5, 5.41) is 8.08. The molecule has 1 atom stereocenters. The van der Waals surface area contributed by atoms with Gasteiger partial charge in [-0.05, 0) is 25.7 Å². The lowest BCUT2D eigenvalue weighted by atomic mass is 10.1. The minimum absolute atomic E-state index is 0.0756. The first-order chi connectivity index (χ1) is 15.4. The standard InChI is InChI=1S/C23H39N7O2/c1-7-11-27(3)12-13-28(4)17-20(15-24-2)26-23(31)21-9-8-10-22(29(21)5)30-16-19(14-25-30)18-32-6/h7-10,15-16,21,24-25H,1,11-14,17-18H2,2-6H3,(H,26,31)/b20-15+. The number of hydrogen-bond donors (Lipinski definition) is 3. The van der Waals surface area contributed by atoms with E-state index in [1.54, 1.807) is 7.11 Å². The molecule has 178 valence electrons. The predicted molar refractivity (Wildman–Crippen MR) is 129 cm³/mol. The zero-order chi connectivity index (χ0) is 23.5. The maximum Gasteiger partial charge on any atom is 0.250 e. The Hall–Kier alpha value is -2.59. The molecule has 1 unspecified atom stereocenters. The van der Waals surface area contributed by atoms with Gasteiger partial charge in [0.2, 0.25) is 0 Å². The number of nitrogens with zero attached hydrogens (tertiary/aromatic N) is 4. The normalized spacial score (nSPS) is 18.8. The third kappa shape index (κ3) is 7.52. The van der Waals surface area contributed by atoms with E-state index in [0.29, 0.717) is 13.2 Å². The largest absolute Gasteiger partial charge is 0.393 e. The van der Waals surface area contributed by atoms with Crippen LogP contribution in [-0.2, 0) is 9.53 Å². The van der Waals surface area contributed by atoms with Crippen molar-refractivity contribution in [2.45, 2.75) is 6.04 Å². The maximum absolute atomic E-state index is 13.1. The minimum atomic E-state index is -0.416. The van der Waals surface area contributed by atoms with E-state index >= 15 is 0 Å². The van der Waals surface area contributed by atoms with Crippen LogP contribution in [0.15, 0.2) is 60.4 Å². The van der Waals surface area contributed by atoms with Crippen LogP contribution in [-0.4, -0.2) is 106 Å². The van der Waals surface area contributed by atoms with Crippen molar-refractivity contribution in [3.8, 4) is 0 Å². The lowest BCUT2D eigenvalue weighted by molar-refractivity contribution is -0.123. The average molecular weight is 446 g/mol. The van der Waals surface area contributed by atoms with Crippen molar-refractivity contribution in [3.63, 3.8) is 0 Å². The van der Waals surface area contributed by atoms with Gasteiger partial charge in [0.05, 0.1) is 6.61 Å². The van der Waals surface area contributed by atoms with Gasteiger partial charge in [-0.15, -0.1) is 6.58 Å². The quantitative estimate of drug-likeness (QED) is 0.349. The highest BCUT2D eigenvalue weighted by Crippen LogP contribution is 2.20. The van der Waals surface area contributed by atoms with E-state index < -0.39 is 6.04 Å². The summed E-state index contributed by atoms with van der Waals surface area (Å²) in [6, 6.07) is -0.416. The van der Waals surface area contributed by atoms with Crippen molar-refractivity contribution in [1.82, 2.24) is 35.8 Å². The van der Waals surface area contributed by atoms with Crippen LogP contribution in [0.1, 0.15) is 0 Å². The van der Waals surface area contributed by atoms with Crippen LogP contribution < -0.4 is 16.1 Å². The van der Waals surface area contributed by atoms with Crippen LogP contribution in [0.4, 0.5) is 0 Å². The minimum Gasteiger partial charge on any atom is -0.393 e. The molecule has 0 saturated carbocycles. The second kappa shape index (κ2) is 13.1. The number of allylic oxidation sites excluding steroid dienone is 2. The van der Waals surface area contributed by atoms with Gasteiger partial charge in [0.25, 0.3) is 5.91 Å². The zero-order valence-electron chi connectivity index (χ0n) is 20.1. The van der Waals surface area contributed by atoms with Crippen LogP contribution in [0.25, 0.3) is 0 Å². The van der Waals surface area contributed by atoms with Gasteiger partial charge in [0, 0.05) is 72.0 Å². The second-order valence-corrected chi connectivity index (χ2v) is 8.13. The number of ether oxygens (including phenoxy) is 1. The molecule has 0 aliphatic carbocycles. The topological polar surface area (TPSA) is 75.3 Å². The number of amides is 1. The Bertz CT molecular complexity index is 759. The van der Waals surface area contributed by atoms with Crippen LogP contribution in [0, 0.1) is 0 Å². The fourth-order valence-electron chi connectivity index (χ4n) is 3.58. The molecule has 0 aromatic rings. The van der Waals surface area contributed by atoms with E-state index in [1.165, 1.54) is 0 Å². The average Bonchev–Trinajstić information content (AvgIpc) is 3.21. The Morgan fingerprint density at radius 3 is 2.81 bits per heavy atom. The van der Waals surface area contributed by atoms with Gasteiger partial charge in [0.1, 0.15) is 11.9 Å². The van der Waals surface area contributed by atoms with Gasteiger partial charge >= 0.3 is 0 Å². The molecule has 0 fully saturated rings. The Morgan fingerprint density at radius 2 is 2.12 bits per heavy atom. The SMILES string of the molecule is C=CCN(C)CCN(C)C/C(=C\NC)NC(=O)C1C=CC=C(N2C=C(COC)CN2)N1C. The van der Waals surface area contributed by atoms with Crippen molar-refractivity contribution in [3.05, 3.63) is 60.4 Å². The summed E-state index contributed by atoms with van der Waals surface area (Å²) in [5.41, 5.74) is 5.29. The van der Waals surface area contributed by atoms with Crippen molar-refractivity contribution >= 4 is 5.91 Å². The van der Waals surface area contributed by atoms with Crippen molar-refractivity contribution < 1.29 is 9.53 Å². The molecule has 2 rings (SSSR count). The van der Waals surface area contributed by atoms with Gasteiger partial charge in [0.15, 0.2) is 0 Å². The van der Waals surface area contributed by atoms with E-state index in [1.807, 2.05) is 67.8 Å². The zero-order valence-corrected chi connectivity index (χ0v) is 20.1. The molecule has 32 heavy (non-hydrogen) atoms. The smallest absolute Gasteiger partial charge is 0.250 e. The number of hydrogen-bond acceptors (Lipinski definition) is 8. The third-order valence-electron chi connectivity index (χ3n) is 5.30. The molecule has 2 aliphatic heterocycles. The number of nitrogens with one attached hydrogen (secondary N) is 3. The summed E-state index contributed by atoms with van der Waals surface area (Å²) in [6.07, 6.45) is 11.6. The molecule has 0 radical (unpaired) electrons. The first-order valence-corrected chi connectivity index (χ1v) is 10.9. The number of likely N-dealkylation sites (N-methyl/N-ethyl adjacent to an activating group) is 3. The highest BCUT2D eigenvalue weighted by molar-refractivity contribution is 5.85. The molecule has 0 bridgehead atoms. The maximum atomic E-state index is 13.1. The number of rotatable bonds is 13. The summed E-state index contributed by atoms with van der Waals surface area (Å²) in [7, 11) is 9.56. The number of carbonyl (C=O) groups is 1. The molecule has 9 nitrogen and oxygen atoms in total. The van der Waals surface area contributed by atoms with Gasteiger partial charge in [-0.1, -0.05) is 18.2 Å². The molecule has 1 amide bonds. The fraction of sp³-hybridized carbons (Fsp3) is 0.522. The van der Waals surface area contributed by atoms with Crippen LogP contribution in [0.3, 0.4) is 0 Å². The molecule has 0 spiro atoms. The highest BCUT2D eigenvalue weighted by Gasteiger charge is 2.28. The highest BCUT2D eigenvalue weighted by atomic mass is 16.5. The first kappa shape index (κ1) is 25.7. The van der Waals surface area contributed by atoms with E-state index in [-0.39, 0.29) is 5.91 Å². The number of hydrazine groups is 1. The van der Waals surface area contributed by atoms with E-state index in [0.717, 1.165) is 43.3 Å². The number of methoxy groups -OCH3 is 1. The lowest BCUT2D eigenvalue weighted by Gasteiger charge is -2.35. The van der Waals surface area contributed by atoms with Crippen molar-refractivity contribution in [2.24, 2.45) is 0 Å². The first-order valence-electron chi connectivity index (χ1n) is 10.9. The van der Waals surface area contributed by atoms with Gasteiger partial charge in [-0.2, -0.15) is 0 Å². The van der Waals surface area contributed by atoms with E-state index in [2.05, 4.69) is 39.5 Å². The molecular formula is C23H39N7O2. The molecule has 9 heteroatoms. The van der Waals surface area contributed by atoms with Crippen molar-refractivity contribution in [2.75, 3.05) is 74.6 Å². The number of carbonyl (C=O) groups excluding carboxylic acids is 1. The molecule has 0 aromatic heterocycles. The molecule has 0 saturated heterocycles. The lowest BCUT2D eigenvalue weighted by Crippen LogP contribution is -2.49. The molecule has 2 heterocycles. The monoisotopic (exact) mass is 445 g/mol. The Kier molecular flexibility index (Phi) is 10.5. The predicted octanol–water partition coefficient (Wildman–Crippen LogP) is 0.275. The van der Waals surface area contributed by atoms with Gasteiger partial charge < -0.3 is 25.2 Å². The van der Waals surface area contributed by atoms with Gasteiger partial charge in [-0.25, -0.2) is 5.43 Å². The Labute approximate surface area is 192 Å². The molecule has 0 aromatic carbocycles. The van der Waals surface area contributed by atoms with Crippen LogP contribution >= 0.6 is 0 Å². The van der Waals surface area contributed by atoms with E-state index in [4.69, 9.17) is 4.74 Å².